The van der Waals surface area contributed by atoms with Crippen molar-refractivity contribution in [3.8, 4) is 0 Å². The number of hydrogen-bond donors (Lipinski definition) is 0. The quantitative estimate of drug-likeness (QED) is 0.252. The molecular formula is C20H26O8. The number of allylic oxidation sites excluding steroid dienone is 4. The Morgan fingerprint density at radius 3 is 1.89 bits per heavy atom. The minimum atomic E-state index is -1.69. The maximum atomic E-state index is 12.5. The second-order valence-corrected chi connectivity index (χ2v) is 6.45. The lowest BCUT2D eigenvalue weighted by molar-refractivity contribution is -0.170. The molecule has 8 nitrogen and oxygen atoms in total. The monoisotopic (exact) mass is 394 g/mol. The Hall–Kier alpha value is -2.90. The van der Waals surface area contributed by atoms with Gasteiger partial charge in [-0.3, -0.25) is 19.2 Å². The first-order chi connectivity index (χ1) is 13.2. The highest BCUT2D eigenvalue weighted by atomic mass is 16.6. The van der Waals surface area contributed by atoms with E-state index in [9.17, 15) is 19.2 Å². The Bertz CT molecular complexity index is 671. The van der Waals surface area contributed by atoms with Crippen LogP contribution in [0.3, 0.4) is 0 Å². The van der Waals surface area contributed by atoms with Crippen molar-refractivity contribution in [1.29, 1.82) is 0 Å². The number of methoxy groups -OCH3 is 4. The fraction of sp³-hybridized carbons (Fsp3) is 0.500. The average Bonchev–Trinajstić information content (AvgIpc) is 3.09. The molecule has 1 atom stereocenters. The van der Waals surface area contributed by atoms with Crippen LogP contribution in [0.5, 0.6) is 0 Å². The summed E-state index contributed by atoms with van der Waals surface area (Å²) in [6.07, 6.45) is 4.17. The van der Waals surface area contributed by atoms with Crippen LogP contribution in [-0.2, 0) is 38.1 Å². The van der Waals surface area contributed by atoms with Crippen LogP contribution in [0.2, 0.25) is 0 Å². The fourth-order valence-electron chi connectivity index (χ4n) is 3.68. The van der Waals surface area contributed by atoms with Gasteiger partial charge in [-0.2, -0.15) is 0 Å². The van der Waals surface area contributed by atoms with Crippen LogP contribution in [0.1, 0.15) is 19.3 Å². The van der Waals surface area contributed by atoms with Gasteiger partial charge in [0.2, 0.25) is 0 Å². The zero-order chi connectivity index (χ0) is 21.5. The normalized spacial score (nSPS) is 17.7. The van der Waals surface area contributed by atoms with Gasteiger partial charge < -0.3 is 18.9 Å². The van der Waals surface area contributed by atoms with E-state index >= 15 is 0 Å². The van der Waals surface area contributed by atoms with Gasteiger partial charge in [0.05, 0.1) is 28.4 Å². The molecule has 28 heavy (non-hydrogen) atoms. The van der Waals surface area contributed by atoms with Crippen LogP contribution >= 0.6 is 0 Å². The Labute approximate surface area is 164 Å². The van der Waals surface area contributed by atoms with E-state index in [1.54, 1.807) is 6.08 Å². The summed E-state index contributed by atoms with van der Waals surface area (Å²) in [5, 5.41) is 0. The minimum Gasteiger partial charge on any atom is -0.468 e. The molecule has 0 fully saturated rings. The molecule has 1 rings (SSSR count). The lowest BCUT2D eigenvalue weighted by Crippen LogP contribution is -2.44. The number of carbonyl (C=O) groups excluding carboxylic acids is 4. The summed E-state index contributed by atoms with van der Waals surface area (Å²) in [6.45, 7) is 7.28. The molecule has 0 saturated heterocycles. The summed E-state index contributed by atoms with van der Waals surface area (Å²) in [5.41, 5.74) is -2.86. The molecule has 0 aliphatic heterocycles. The molecule has 0 heterocycles. The standard InChI is InChI=1S/C20H26O8/c1-7-9-19(15(21)25-3,16(22)26-4)11-13-10-14(8-2)20(12-13,17(23)27-5)18(24)28-6/h7-8,10,14H,1-2,9,11-12H2,3-6H3. The predicted octanol–water partition coefficient (Wildman–Crippen LogP) is 1.75. The largest absolute Gasteiger partial charge is 0.468 e. The highest BCUT2D eigenvalue weighted by molar-refractivity contribution is 6.03. The highest BCUT2D eigenvalue weighted by Crippen LogP contribution is 2.49. The van der Waals surface area contributed by atoms with Crippen molar-refractivity contribution in [1.82, 2.24) is 0 Å². The molecule has 1 aliphatic rings. The number of hydrogen-bond acceptors (Lipinski definition) is 8. The average molecular weight is 394 g/mol. The van der Waals surface area contributed by atoms with Crippen molar-refractivity contribution in [3.63, 3.8) is 0 Å². The minimum absolute atomic E-state index is 0.0497. The zero-order valence-electron chi connectivity index (χ0n) is 16.6. The number of esters is 4. The lowest BCUT2D eigenvalue weighted by atomic mass is 9.74. The number of carbonyl (C=O) groups is 4. The lowest BCUT2D eigenvalue weighted by Gasteiger charge is -2.30. The Morgan fingerprint density at radius 1 is 1.04 bits per heavy atom. The van der Waals surface area contributed by atoms with Crippen LogP contribution in [0.15, 0.2) is 37.0 Å². The van der Waals surface area contributed by atoms with Gasteiger partial charge in [-0.1, -0.05) is 23.8 Å². The topological polar surface area (TPSA) is 105 Å². The Morgan fingerprint density at radius 2 is 1.54 bits per heavy atom. The summed E-state index contributed by atoms with van der Waals surface area (Å²) in [4.78, 5) is 50.0. The van der Waals surface area contributed by atoms with Crippen LogP contribution < -0.4 is 0 Å². The predicted molar refractivity (Wildman–Crippen MR) is 98.7 cm³/mol. The Balaban J connectivity index is 3.46. The molecule has 1 aliphatic carbocycles. The first kappa shape index (κ1) is 23.1. The van der Waals surface area contributed by atoms with Crippen LogP contribution in [0.4, 0.5) is 0 Å². The van der Waals surface area contributed by atoms with Gasteiger partial charge in [0, 0.05) is 5.92 Å². The van der Waals surface area contributed by atoms with Crippen LogP contribution in [0.25, 0.3) is 0 Å². The van der Waals surface area contributed by atoms with Gasteiger partial charge in [0.25, 0.3) is 0 Å². The van der Waals surface area contributed by atoms with Gasteiger partial charge in [-0.25, -0.2) is 0 Å². The second-order valence-electron chi connectivity index (χ2n) is 6.45. The zero-order valence-corrected chi connectivity index (χ0v) is 16.6. The van der Waals surface area contributed by atoms with Gasteiger partial charge in [0.1, 0.15) is 0 Å². The van der Waals surface area contributed by atoms with Crippen LogP contribution in [-0.4, -0.2) is 52.3 Å². The molecule has 0 aromatic heterocycles. The van der Waals surface area contributed by atoms with Crippen molar-refractivity contribution in [2.24, 2.45) is 16.7 Å². The summed E-state index contributed by atoms with van der Waals surface area (Å²) in [5.74, 6) is -3.92. The van der Waals surface area contributed by atoms with Gasteiger partial charge >= 0.3 is 23.9 Å². The molecule has 8 heteroatoms. The maximum Gasteiger partial charge on any atom is 0.324 e. The summed E-state index contributed by atoms with van der Waals surface area (Å²) in [6, 6.07) is 0. The van der Waals surface area contributed by atoms with Crippen molar-refractivity contribution >= 4 is 23.9 Å². The van der Waals surface area contributed by atoms with E-state index in [1.807, 2.05) is 0 Å². The molecule has 154 valence electrons. The summed E-state index contributed by atoms with van der Waals surface area (Å²) < 4.78 is 19.3. The van der Waals surface area contributed by atoms with E-state index in [2.05, 4.69) is 13.2 Å². The summed E-state index contributed by atoms with van der Waals surface area (Å²) in [7, 11) is 4.64. The van der Waals surface area contributed by atoms with Gasteiger partial charge in [0.15, 0.2) is 10.8 Å². The second kappa shape index (κ2) is 9.34. The first-order valence-electron chi connectivity index (χ1n) is 8.50. The fourth-order valence-corrected chi connectivity index (χ4v) is 3.68. The SMILES string of the molecule is C=CCC(CC1=CC(C=C)C(C(=O)OC)(C(=O)OC)C1)(C(=O)OC)C(=O)OC. The molecule has 1 unspecified atom stereocenters. The van der Waals surface area contributed by atoms with Crippen molar-refractivity contribution < 1.29 is 38.1 Å². The van der Waals surface area contributed by atoms with Crippen molar-refractivity contribution in [3.05, 3.63) is 37.0 Å². The van der Waals surface area contributed by atoms with E-state index in [1.165, 1.54) is 12.2 Å². The Kier molecular flexibility index (Phi) is 7.72. The third kappa shape index (κ3) is 3.72. The third-order valence-electron chi connectivity index (χ3n) is 5.02. The van der Waals surface area contributed by atoms with E-state index < -0.39 is 40.6 Å². The molecule has 0 spiro atoms. The van der Waals surface area contributed by atoms with Gasteiger partial charge in [-0.15, -0.1) is 13.2 Å². The molecule has 0 N–H and O–H groups in total. The molecule has 0 aromatic rings. The smallest absolute Gasteiger partial charge is 0.324 e. The van der Waals surface area contributed by atoms with E-state index in [0.717, 1.165) is 28.4 Å². The molecular weight excluding hydrogens is 368 g/mol. The molecule has 0 saturated carbocycles. The first-order valence-corrected chi connectivity index (χ1v) is 8.50. The number of ether oxygens (including phenoxy) is 4. The van der Waals surface area contributed by atoms with E-state index in [-0.39, 0.29) is 19.3 Å². The highest BCUT2D eigenvalue weighted by Gasteiger charge is 2.58. The van der Waals surface area contributed by atoms with E-state index in [4.69, 9.17) is 18.9 Å². The molecule has 0 bridgehead atoms. The molecule has 0 amide bonds. The van der Waals surface area contributed by atoms with Crippen LogP contribution in [0, 0.1) is 16.7 Å². The summed E-state index contributed by atoms with van der Waals surface area (Å²) >= 11 is 0. The van der Waals surface area contributed by atoms with Gasteiger partial charge in [-0.05, 0) is 19.3 Å². The number of rotatable bonds is 9. The molecule has 0 radical (unpaired) electrons. The van der Waals surface area contributed by atoms with Crippen molar-refractivity contribution in [2.75, 3.05) is 28.4 Å². The molecule has 0 aromatic carbocycles. The third-order valence-corrected chi connectivity index (χ3v) is 5.02. The maximum absolute atomic E-state index is 12.5. The van der Waals surface area contributed by atoms with E-state index in [0.29, 0.717) is 5.57 Å². The van der Waals surface area contributed by atoms with Crippen molar-refractivity contribution in [2.45, 2.75) is 19.3 Å².